The van der Waals surface area contributed by atoms with Crippen molar-refractivity contribution < 1.29 is 29.9 Å². The Hall–Kier alpha value is -3.10. The molecule has 1 aliphatic rings. The molecule has 2 aromatic carbocycles. The molecule has 1 fully saturated rings. The second kappa shape index (κ2) is 7.73. The van der Waals surface area contributed by atoms with Gasteiger partial charge in [-0.2, -0.15) is 0 Å². The Kier molecular flexibility index (Phi) is 5.50. The standard InChI is InChI=1S/C20H19NO7.ClH/c22-12-4-3-10(7-14(12)24)19-18(27)17(26)16-15(25)8-13(23)11(20(16)28-19)9-21-5-1-2-6-21;/h3-4,7-8,22-25,27H,1-2,5-6,9H2;1H. The number of aromatic hydroxyl groups is 5. The molecule has 1 aromatic heterocycles. The first-order chi connectivity index (χ1) is 13.4. The summed E-state index contributed by atoms with van der Waals surface area (Å²) >= 11 is 0. The van der Waals surface area contributed by atoms with E-state index in [9.17, 15) is 30.3 Å². The van der Waals surface area contributed by atoms with Crippen LogP contribution in [0.2, 0.25) is 0 Å². The molecule has 0 bridgehead atoms. The third-order valence-electron chi connectivity index (χ3n) is 5.02. The molecule has 29 heavy (non-hydrogen) atoms. The molecule has 4 rings (SSSR count). The fourth-order valence-electron chi connectivity index (χ4n) is 3.55. The van der Waals surface area contributed by atoms with Crippen LogP contribution in [0, 0.1) is 0 Å². The van der Waals surface area contributed by atoms with Crippen molar-refractivity contribution in [2.45, 2.75) is 19.4 Å². The summed E-state index contributed by atoms with van der Waals surface area (Å²) in [5.74, 6) is -2.51. The van der Waals surface area contributed by atoms with Gasteiger partial charge in [0.2, 0.25) is 11.2 Å². The quantitative estimate of drug-likeness (QED) is 0.407. The highest BCUT2D eigenvalue weighted by atomic mass is 35.5. The number of rotatable bonds is 3. The summed E-state index contributed by atoms with van der Waals surface area (Å²) in [6, 6.07) is 4.76. The summed E-state index contributed by atoms with van der Waals surface area (Å²) < 4.78 is 5.77. The summed E-state index contributed by atoms with van der Waals surface area (Å²) in [5, 5.41) is 49.9. The molecule has 9 heteroatoms. The van der Waals surface area contributed by atoms with E-state index in [1.807, 2.05) is 0 Å². The molecule has 2 heterocycles. The minimum absolute atomic E-state index is 0. The van der Waals surface area contributed by atoms with Gasteiger partial charge in [-0.25, -0.2) is 0 Å². The number of halogens is 1. The zero-order valence-electron chi connectivity index (χ0n) is 15.3. The minimum atomic E-state index is -0.857. The molecule has 8 nitrogen and oxygen atoms in total. The lowest BCUT2D eigenvalue weighted by atomic mass is 10.0. The van der Waals surface area contributed by atoms with Gasteiger partial charge in [0.25, 0.3) is 0 Å². The predicted octanol–water partition coefficient (Wildman–Crippen LogP) is 3.01. The molecule has 3 aromatic rings. The fraction of sp³-hybridized carbons (Fsp3) is 0.250. The first-order valence-corrected chi connectivity index (χ1v) is 8.85. The molecule has 0 radical (unpaired) electrons. The van der Waals surface area contributed by atoms with Gasteiger partial charge in [0.05, 0.1) is 5.56 Å². The molecule has 0 amide bonds. The van der Waals surface area contributed by atoms with Gasteiger partial charge >= 0.3 is 0 Å². The highest BCUT2D eigenvalue weighted by Gasteiger charge is 2.24. The van der Waals surface area contributed by atoms with Crippen LogP contribution in [0.4, 0.5) is 0 Å². The first kappa shape index (κ1) is 20.6. The van der Waals surface area contributed by atoms with Crippen molar-refractivity contribution in [3.05, 3.63) is 40.1 Å². The molecule has 0 saturated carbocycles. The molecule has 5 N–H and O–H groups in total. The second-order valence-corrected chi connectivity index (χ2v) is 6.89. The van der Waals surface area contributed by atoms with Crippen LogP contribution in [-0.2, 0) is 6.54 Å². The molecule has 0 atom stereocenters. The molecule has 1 aliphatic heterocycles. The Morgan fingerprint density at radius 3 is 2.24 bits per heavy atom. The van der Waals surface area contributed by atoms with E-state index in [2.05, 4.69) is 4.90 Å². The number of likely N-dealkylation sites (tertiary alicyclic amines) is 1. The number of phenolic OH excluding ortho intramolecular Hbond substituents is 4. The maximum absolute atomic E-state index is 12.7. The van der Waals surface area contributed by atoms with Crippen molar-refractivity contribution in [3.63, 3.8) is 0 Å². The van der Waals surface area contributed by atoms with E-state index in [0.717, 1.165) is 38.1 Å². The second-order valence-electron chi connectivity index (χ2n) is 6.89. The fourth-order valence-corrected chi connectivity index (χ4v) is 3.55. The zero-order chi connectivity index (χ0) is 20.0. The number of fused-ring (bicyclic) bond motifs is 1. The van der Waals surface area contributed by atoms with Gasteiger partial charge < -0.3 is 29.9 Å². The van der Waals surface area contributed by atoms with E-state index >= 15 is 0 Å². The lowest BCUT2D eigenvalue weighted by Crippen LogP contribution is -2.19. The van der Waals surface area contributed by atoms with E-state index in [-0.39, 0.29) is 46.2 Å². The minimum Gasteiger partial charge on any atom is -0.507 e. The molecule has 0 aliphatic carbocycles. The highest BCUT2D eigenvalue weighted by molar-refractivity contribution is 5.91. The molecule has 0 unspecified atom stereocenters. The van der Waals surface area contributed by atoms with Crippen molar-refractivity contribution in [2.24, 2.45) is 0 Å². The molecule has 0 spiro atoms. The number of hydrogen-bond acceptors (Lipinski definition) is 8. The van der Waals surface area contributed by atoms with Gasteiger partial charge in [-0.3, -0.25) is 9.69 Å². The topological polar surface area (TPSA) is 135 Å². The maximum atomic E-state index is 12.7. The first-order valence-electron chi connectivity index (χ1n) is 8.85. The van der Waals surface area contributed by atoms with Crippen LogP contribution in [0.3, 0.4) is 0 Å². The average molecular weight is 422 g/mol. The Morgan fingerprint density at radius 1 is 0.897 bits per heavy atom. The van der Waals surface area contributed by atoms with Crippen molar-refractivity contribution in [2.75, 3.05) is 13.1 Å². The smallest absolute Gasteiger partial charge is 0.238 e. The van der Waals surface area contributed by atoms with Gasteiger partial charge in [0.1, 0.15) is 16.9 Å². The monoisotopic (exact) mass is 421 g/mol. The van der Waals surface area contributed by atoms with Gasteiger partial charge in [0, 0.05) is 18.2 Å². The highest BCUT2D eigenvalue weighted by Crippen LogP contribution is 2.40. The molecule has 154 valence electrons. The Bertz CT molecular complexity index is 1140. The third-order valence-corrected chi connectivity index (χ3v) is 5.02. The Morgan fingerprint density at radius 2 is 1.59 bits per heavy atom. The molecule has 1 saturated heterocycles. The zero-order valence-corrected chi connectivity index (χ0v) is 16.1. The van der Waals surface area contributed by atoms with Crippen LogP contribution in [-0.4, -0.2) is 43.5 Å². The van der Waals surface area contributed by atoms with Crippen molar-refractivity contribution in [3.8, 4) is 40.1 Å². The van der Waals surface area contributed by atoms with E-state index < -0.39 is 22.7 Å². The SMILES string of the molecule is Cl.O=c1c(O)c(-c2ccc(O)c(O)c2)oc2c(CN3CCCC3)c(O)cc(O)c12. The van der Waals surface area contributed by atoms with Crippen LogP contribution in [0.1, 0.15) is 18.4 Å². The van der Waals surface area contributed by atoms with E-state index in [0.29, 0.717) is 12.1 Å². The van der Waals surface area contributed by atoms with Gasteiger partial charge in [-0.05, 0) is 44.1 Å². The Balaban J connectivity index is 0.00000240. The summed E-state index contributed by atoms with van der Waals surface area (Å²) in [7, 11) is 0. The van der Waals surface area contributed by atoms with Gasteiger partial charge in [-0.15, -0.1) is 12.4 Å². The molecular formula is C20H20ClNO7. The molecular weight excluding hydrogens is 402 g/mol. The van der Waals surface area contributed by atoms with Crippen LogP contribution in [0.5, 0.6) is 28.7 Å². The normalized spacial score (nSPS) is 14.2. The Labute approximate surface area is 171 Å². The largest absolute Gasteiger partial charge is 0.507 e. The number of benzene rings is 2. The summed E-state index contributed by atoms with van der Waals surface area (Å²) in [5.41, 5.74) is -0.406. The van der Waals surface area contributed by atoms with Gasteiger partial charge in [-0.1, -0.05) is 0 Å². The van der Waals surface area contributed by atoms with E-state index in [4.69, 9.17) is 4.42 Å². The van der Waals surface area contributed by atoms with Crippen molar-refractivity contribution in [1.29, 1.82) is 0 Å². The average Bonchev–Trinajstić information content (AvgIpc) is 3.16. The summed E-state index contributed by atoms with van der Waals surface area (Å²) in [6.07, 6.45) is 2.05. The third kappa shape index (κ3) is 3.52. The number of hydrogen-bond donors (Lipinski definition) is 5. The van der Waals surface area contributed by atoms with E-state index in [1.165, 1.54) is 12.1 Å². The lowest BCUT2D eigenvalue weighted by molar-refractivity contribution is 0.323. The van der Waals surface area contributed by atoms with Crippen LogP contribution in [0.15, 0.2) is 33.5 Å². The van der Waals surface area contributed by atoms with Crippen molar-refractivity contribution in [1.82, 2.24) is 4.90 Å². The van der Waals surface area contributed by atoms with E-state index in [1.54, 1.807) is 0 Å². The predicted molar refractivity (Wildman–Crippen MR) is 108 cm³/mol. The van der Waals surface area contributed by atoms with Crippen LogP contribution in [0.25, 0.3) is 22.3 Å². The van der Waals surface area contributed by atoms with Gasteiger partial charge in [0.15, 0.2) is 22.8 Å². The van der Waals surface area contributed by atoms with Crippen LogP contribution < -0.4 is 5.43 Å². The van der Waals surface area contributed by atoms with Crippen LogP contribution >= 0.6 is 12.4 Å². The maximum Gasteiger partial charge on any atom is 0.238 e. The summed E-state index contributed by atoms with van der Waals surface area (Å²) in [4.78, 5) is 14.8. The summed E-state index contributed by atoms with van der Waals surface area (Å²) in [6.45, 7) is 1.99. The van der Waals surface area contributed by atoms with Crippen molar-refractivity contribution >= 4 is 23.4 Å². The lowest BCUT2D eigenvalue weighted by Gasteiger charge is -2.18. The number of phenols is 4. The number of nitrogens with zero attached hydrogens (tertiary/aromatic N) is 1.